The number of halogens is 5. The average molecular weight is 416 g/mol. The summed E-state index contributed by atoms with van der Waals surface area (Å²) >= 11 is 5.46. The minimum atomic E-state index is -4.21. The second-order valence-electron chi connectivity index (χ2n) is 5.61. The molecule has 0 aliphatic heterocycles. The summed E-state index contributed by atoms with van der Waals surface area (Å²) in [4.78, 5) is -0.354. The summed E-state index contributed by atoms with van der Waals surface area (Å²) in [5.74, 6) is -4.77. The third-order valence-electron chi connectivity index (χ3n) is 3.84. The van der Waals surface area contributed by atoms with Crippen LogP contribution in [0.2, 0.25) is 5.02 Å². The quantitative estimate of drug-likeness (QED) is 0.489. The van der Waals surface area contributed by atoms with Gasteiger partial charge in [0.2, 0.25) is 10.0 Å². The summed E-state index contributed by atoms with van der Waals surface area (Å²) in [6.45, 7) is 0. The second-order valence-corrected chi connectivity index (χ2v) is 7.51. The lowest BCUT2D eigenvalue weighted by atomic mass is 9.94. The largest absolute Gasteiger partial charge is 0.238 e. The molecule has 140 valence electrons. The van der Waals surface area contributed by atoms with E-state index in [0.29, 0.717) is 6.07 Å². The van der Waals surface area contributed by atoms with Gasteiger partial charge in [0.25, 0.3) is 0 Å². The van der Waals surface area contributed by atoms with Gasteiger partial charge in [0.1, 0.15) is 16.7 Å². The highest BCUT2D eigenvalue weighted by molar-refractivity contribution is 7.89. The van der Waals surface area contributed by atoms with Crippen molar-refractivity contribution in [3.63, 3.8) is 0 Å². The molecule has 0 radical (unpaired) electrons. The van der Waals surface area contributed by atoms with E-state index in [4.69, 9.17) is 16.7 Å². The van der Waals surface area contributed by atoms with Gasteiger partial charge in [0.15, 0.2) is 11.6 Å². The maximum Gasteiger partial charge on any atom is 0.238 e. The lowest BCUT2D eigenvalue weighted by Gasteiger charge is -2.14. The summed E-state index contributed by atoms with van der Waals surface area (Å²) in [5.41, 5.74) is -0.462. The molecule has 0 heterocycles. The Hall–Kier alpha value is -2.42. The van der Waals surface area contributed by atoms with Gasteiger partial charge in [-0.05, 0) is 47.0 Å². The van der Waals surface area contributed by atoms with Crippen molar-refractivity contribution in [2.75, 3.05) is 0 Å². The van der Waals surface area contributed by atoms with Gasteiger partial charge in [0.05, 0.1) is 4.90 Å². The van der Waals surface area contributed by atoms with Gasteiger partial charge in [-0.25, -0.2) is 31.1 Å². The van der Waals surface area contributed by atoms with Gasteiger partial charge >= 0.3 is 0 Å². The maximum atomic E-state index is 13.9. The van der Waals surface area contributed by atoms with Gasteiger partial charge in [-0.2, -0.15) is 0 Å². The number of sulfonamides is 1. The predicted molar refractivity (Wildman–Crippen MR) is 93.5 cm³/mol. The number of rotatable bonds is 3. The second kappa shape index (κ2) is 6.95. The standard InChI is InChI=1S/C18H10ClF4NO2S/c19-18-15(22)5-9(6-16(18)23)11-7-13(20)14(21)8-12(11)10-3-1-2-4-17(10)27(24,25)26/h1-8H,(H2,24,25,26). The Morgan fingerprint density at radius 2 is 1.26 bits per heavy atom. The zero-order valence-corrected chi connectivity index (χ0v) is 14.9. The molecule has 0 aliphatic carbocycles. The Kier molecular flexibility index (Phi) is 4.98. The molecule has 0 saturated heterocycles. The molecular weight excluding hydrogens is 406 g/mol. The molecule has 3 aromatic carbocycles. The van der Waals surface area contributed by atoms with E-state index in [1.165, 1.54) is 24.3 Å². The molecule has 0 bridgehead atoms. The van der Waals surface area contributed by atoms with Gasteiger partial charge in [0, 0.05) is 5.56 Å². The van der Waals surface area contributed by atoms with E-state index in [1.807, 2.05) is 0 Å². The van der Waals surface area contributed by atoms with Crippen LogP contribution in [0.15, 0.2) is 53.4 Å². The first kappa shape index (κ1) is 19.3. The maximum absolute atomic E-state index is 13.9. The molecule has 0 spiro atoms. The van der Waals surface area contributed by atoms with Gasteiger partial charge in [-0.1, -0.05) is 29.8 Å². The van der Waals surface area contributed by atoms with Crippen LogP contribution in [-0.4, -0.2) is 8.42 Å². The zero-order chi connectivity index (χ0) is 19.9. The van der Waals surface area contributed by atoms with E-state index >= 15 is 0 Å². The van der Waals surface area contributed by atoms with Crippen molar-refractivity contribution in [2.45, 2.75) is 4.90 Å². The number of nitrogens with two attached hydrogens (primary N) is 1. The van der Waals surface area contributed by atoms with Crippen LogP contribution in [0.4, 0.5) is 17.6 Å². The van der Waals surface area contributed by atoms with E-state index < -0.39 is 38.3 Å². The summed E-state index contributed by atoms with van der Waals surface area (Å²) in [6.07, 6.45) is 0. The molecule has 0 fully saturated rings. The fraction of sp³-hybridized carbons (Fsp3) is 0. The Bertz CT molecular complexity index is 1140. The van der Waals surface area contributed by atoms with Crippen LogP contribution in [-0.2, 0) is 10.0 Å². The molecule has 3 rings (SSSR count). The van der Waals surface area contributed by atoms with Gasteiger partial charge in [-0.3, -0.25) is 0 Å². The fourth-order valence-electron chi connectivity index (χ4n) is 2.66. The highest BCUT2D eigenvalue weighted by Gasteiger charge is 2.21. The normalized spacial score (nSPS) is 11.6. The molecule has 0 atom stereocenters. The first-order valence-electron chi connectivity index (χ1n) is 7.35. The van der Waals surface area contributed by atoms with Crippen molar-refractivity contribution in [3.8, 4) is 22.3 Å². The van der Waals surface area contributed by atoms with E-state index in [-0.39, 0.29) is 27.1 Å². The van der Waals surface area contributed by atoms with Crippen LogP contribution in [0.5, 0.6) is 0 Å². The fourth-order valence-corrected chi connectivity index (χ4v) is 3.52. The van der Waals surface area contributed by atoms with Crippen LogP contribution < -0.4 is 5.14 Å². The summed E-state index contributed by atoms with van der Waals surface area (Å²) in [7, 11) is -4.21. The van der Waals surface area contributed by atoms with Crippen LogP contribution in [0.25, 0.3) is 22.3 Å². The van der Waals surface area contributed by atoms with Gasteiger partial charge in [-0.15, -0.1) is 0 Å². The zero-order valence-electron chi connectivity index (χ0n) is 13.3. The summed E-state index contributed by atoms with van der Waals surface area (Å²) in [5, 5.41) is 4.43. The van der Waals surface area contributed by atoms with Crippen molar-refractivity contribution in [3.05, 3.63) is 76.8 Å². The Morgan fingerprint density at radius 3 is 1.81 bits per heavy atom. The molecule has 3 nitrogen and oxygen atoms in total. The van der Waals surface area contributed by atoms with Crippen LogP contribution in [0, 0.1) is 23.3 Å². The lowest BCUT2D eigenvalue weighted by molar-refractivity contribution is 0.509. The minimum absolute atomic E-state index is 0.0512. The highest BCUT2D eigenvalue weighted by Crippen LogP contribution is 2.38. The van der Waals surface area contributed by atoms with Crippen molar-refractivity contribution < 1.29 is 26.0 Å². The van der Waals surface area contributed by atoms with E-state index in [2.05, 4.69) is 0 Å². The third-order valence-corrected chi connectivity index (χ3v) is 5.17. The molecule has 0 unspecified atom stereocenters. The third kappa shape index (κ3) is 3.69. The smallest absolute Gasteiger partial charge is 0.225 e. The average Bonchev–Trinajstić information content (AvgIpc) is 2.60. The first-order valence-corrected chi connectivity index (χ1v) is 9.28. The first-order chi connectivity index (χ1) is 12.6. The van der Waals surface area contributed by atoms with E-state index in [1.54, 1.807) is 0 Å². The van der Waals surface area contributed by atoms with Crippen LogP contribution >= 0.6 is 11.6 Å². The molecule has 3 aromatic rings. The number of hydrogen-bond acceptors (Lipinski definition) is 2. The molecule has 9 heteroatoms. The predicted octanol–water partition coefficient (Wildman–Crippen LogP) is 4.88. The van der Waals surface area contributed by atoms with Crippen molar-refractivity contribution >= 4 is 21.6 Å². The Balaban J connectivity index is 2.39. The molecule has 0 aromatic heterocycles. The molecule has 0 aliphatic rings. The number of benzene rings is 3. The van der Waals surface area contributed by atoms with Crippen LogP contribution in [0.3, 0.4) is 0 Å². The highest BCUT2D eigenvalue weighted by atomic mass is 35.5. The van der Waals surface area contributed by atoms with Crippen molar-refractivity contribution in [1.82, 2.24) is 0 Å². The van der Waals surface area contributed by atoms with Crippen LogP contribution in [0.1, 0.15) is 0 Å². The lowest BCUT2D eigenvalue weighted by Crippen LogP contribution is -2.13. The summed E-state index contributed by atoms with van der Waals surface area (Å²) in [6, 6.07) is 8.47. The Labute approximate surface area is 157 Å². The van der Waals surface area contributed by atoms with E-state index in [9.17, 15) is 26.0 Å². The van der Waals surface area contributed by atoms with Gasteiger partial charge < -0.3 is 0 Å². The summed E-state index contributed by atoms with van der Waals surface area (Å²) < 4.78 is 79.1. The number of primary sulfonamides is 1. The molecule has 2 N–H and O–H groups in total. The van der Waals surface area contributed by atoms with Crippen molar-refractivity contribution in [1.29, 1.82) is 0 Å². The molecule has 0 amide bonds. The number of hydrogen-bond donors (Lipinski definition) is 1. The van der Waals surface area contributed by atoms with E-state index in [0.717, 1.165) is 18.2 Å². The Morgan fingerprint density at radius 1 is 0.741 bits per heavy atom. The minimum Gasteiger partial charge on any atom is -0.225 e. The van der Waals surface area contributed by atoms with Crippen molar-refractivity contribution in [2.24, 2.45) is 5.14 Å². The molecule has 0 saturated carbocycles. The topological polar surface area (TPSA) is 60.2 Å². The molecular formula is C18H10ClF4NO2S. The molecule has 27 heavy (non-hydrogen) atoms. The monoisotopic (exact) mass is 415 g/mol. The SMILES string of the molecule is NS(=O)(=O)c1ccccc1-c1cc(F)c(F)cc1-c1cc(F)c(Cl)c(F)c1.